The zero-order chi connectivity index (χ0) is 13.7. The minimum Gasteiger partial charge on any atom is -0.438 e. The molecular formula is C13H14BrN3O2. The van der Waals surface area contributed by atoms with Crippen LogP contribution in [0.2, 0.25) is 0 Å². The Labute approximate surface area is 120 Å². The van der Waals surface area contributed by atoms with E-state index in [1.165, 1.54) is 0 Å². The predicted molar refractivity (Wildman–Crippen MR) is 76.5 cm³/mol. The van der Waals surface area contributed by atoms with Gasteiger partial charge in [-0.25, -0.2) is 4.98 Å². The minimum absolute atomic E-state index is 0.467. The molecule has 0 radical (unpaired) electrons. The molecule has 0 spiro atoms. The van der Waals surface area contributed by atoms with Crippen molar-refractivity contribution >= 4 is 21.9 Å². The molecule has 0 aliphatic carbocycles. The van der Waals surface area contributed by atoms with E-state index in [9.17, 15) is 0 Å². The van der Waals surface area contributed by atoms with Crippen molar-refractivity contribution in [1.29, 1.82) is 0 Å². The van der Waals surface area contributed by atoms with Crippen LogP contribution in [-0.4, -0.2) is 24.1 Å². The van der Waals surface area contributed by atoms with Gasteiger partial charge in [0.15, 0.2) is 0 Å². The monoisotopic (exact) mass is 323 g/mol. The van der Waals surface area contributed by atoms with Crippen LogP contribution >= 0.6 is 15.9 Å². The first-order chi connectivity index (χ1) is 9.22. The van der Waals surface area contributed by atoms with Crippen molar-refractivity contribution in [2.75, 3.05) is 19.5 Å². The third-order valence-corrected chi connectivity index (χ3v) is 2.90. The highest BCUT2D eigenvalue weighted by Crippen LogP contribution is 2.28. The summed E-state index contributed by atoms with van der Waals surface area (Å²) in [4.78, 5) is 8.32. The zero-order valence-corrected chi connectivity index (χ0v) is 12.3. The fourth-order valence-corrected chi connectivity index (χ4v) is 1.79. The largest absolute Gasteiger partial charge is 0.438 e. The van der Waals surface area contributed by atoms with Crippen LogP contribution in [0.1, 0.15) is 5.56 Å². The Morgan fingerprint density at radius 3 is 2.95 bits per heavy atom. The van der Waals surface area contributed by atoms with Crippen molar-refractivity contribution in [1.82, 2.24) is 9.97 Å². The van der Waals surface area contributed by atoms with Crippen molar-refractivity contribution in [2.24, 2.45) is 0 Å². The smallest absolute Gasteiger partial charge is 0.238 e. The van der Waals surface area contributed by atoms with Gasteiger partial charge >= 0.3 is 0 Å². The lowest BCUT2D eigenvalue weighted by Gasteiger charge is -2.09. The Kier molecular flexibility index (Phi) is 4.70. The molecule has 0 saturated carbocycles. The van der Waals surface area contributed by atoms with Crippen LogP contribution in [-0.2, 0) is 11.3 Å². The Morgan fingerprint density at radius 2 is 2.21 bits per heavy atom. The second kappa shape index (κ2) is 6.49. The number of nitrogens with zero attached hydrogens (tertiary/aromatic N) is 2. The number of hydrogen-bond donors (Lipinski definition) is 1. The van der Waals surface area contributed by atoms with Gasteiger partial charge in [0.1, 0.15) is 5.75 Å². The maximum absolute atomic E-state index is 5.75. The third-order valence-electron chi connectivity index (χ3n) is 2.36. The average molecular weight is 324 g/mol. The molecule has 0 atom stereocenters. The molecule has 100 valence electrons. The number of benzene rings is 1. The lowest BCUT2D eigenvalue weighted by atomic mass is 10.2. The van der Waals surface area contributed by atoms with Crippen LogP contribution in [0.15, 0.2) is 34.9 Å². The van der Waals surface area contributed by atoms with Gasteiger partial charge in [-0.15, -0.1) is 0 Å². The summed E-state index contributed by atoms with van der Waals surface area (Å²) in [6.45, 7) is 0.546. The summed E-state index contributed by atoms with van der Waals surface area (Å²) in [5, 5.41) is 2.87. The van der Waals surface area contributed by atoms with Crippen LogP contribution < -0.4 is 10.1 Å². The molecule has 0 fully saturated rings. The highest BCUT2D eigenvalue weighted by atomic mass is 79.9. The fourth-order valence-electron chi connectivity index (χ4n) is 1.52. The Bertz CT molecular complexity index is 563. The zero-order valence-electron chi connectivity index (χ0n) is 10.7. The molecule has 6 heteroatoms. The molecule has 1 heterocycles. The summed E-state index contributed by atoms with van der Waals surface area (Å²) in [5.74, 6) is 1.68. The van der Waals surface area contributed by atoms with Gasteiger partial charge in [-0.05, 0) is 33.6 Å². The van der Waals surface area contributed by atoms with E-state index in [1.807, 2.05) is 24.3 Å². The first-order valence-electron chi connectivity index (χ1n) is 5.69. The van der Waals surface area contributed by atoms with E-state index in [1.54, 1.807) is 20.4 Å². The average Bonchev–Trinajstić information content (AvgIpc) is 2.42. The molecule has 5 nitrogen and oxygen atoms in total. The van der Waals surface area contributed by atoms with Gasteiger partial charge in [-0.3, -0.25) is 0 Å². The number of aromatic nitrogens is 2. The molecular weight excluding hydrogens is 310 g/mol. The summed E-state index contributed by atoms with van der Waals surface area (Å²) >= 11 is 3.36. The van der Waals surface area contributed by atoms with Crippen LogP contribution in [0.3, 0.4) is 0 Å². The Hall–Kier alpha value is -1.66. The van der Waals surface area contributed by atoms with Gasteiger partial charge in [0.05, 0.1) is 17.3 Å². The summed E-state index contributed by atoms with van der Waals surface area (Å²) in [7, 11) is 3.42. The highest BCUT2D eigenvalue weighted by molar-refractivity contribution is 9.10. The van der Waals surface area contributed by atoms with Gasteiger partial charge in [-0.2, -0.15) is 4.98 Å². The lowest BCUT2D eigenvalue weighted by Crippen LogP contribution is -1.98. The topological polar surface area (TPSA) is 56.3 Å². The van der Waals surface area contributed by atoms with Gasteiger partial charge in [0.2, 0.25) is 11.8 Å². The van der Waals surface area contributed by atoms with Gasteiger partial charge in [-0.1, -0.05) is 12.1 Å². The molecule has 2 rings (SSSR count). The molecule has 0 aliphatic rings. The van der Waals surface area contributed by atoms with Crippen molar-refractivity contribution in [3.63, 3.8) is 0 Å². The lowest BCUT2D eigenvalue weighted by molar-refractivity contribution is 0.184. The molecule has 1 N–H and O–H groups in total. The van der Waals surface area contributed by atoms with E-state index in [-0.39, 0.29) is 0 Å². The number of methoxy groups -OCH3 is 1. The summed E-state index contributed by atoms with van der Waals surface area (Å²) < 4.78 is 11.5. The number of anilines is 1. The fraction of sp³-hybridized carbons (Fsp3) is 0.231. The molecule has 0 amide bonds. The maximum Gasteiger partial charge on any atom is 0.238 e. The summed E-state index contributed by atoms with van der Waals surface area (Å²) in [5.41, 5.74) is 1.04. The van der Waals surface area contributed by atoms with Crippen molar-refractivity contribution < 1.29 is 9.47 Å². The quantitative estimate of drug-likeness (QED) is 0.915. The molecule has 0 unspecified atom stereocenters. The second-order valence-electron chi connectivity index (χ2n) is 3.78. The minimum atomic E-state index is 0.467. The molecule has 0 aliphatic heterocycles. The first-order valence-corrected chi connectivity index (χ1v) is 6.48. The molecule has 2 aromatic rings. The number of halogens is 1. The Balaban J connectivity index is 2.22. The Morgan fingerprint density at radius 1 is 1.37 bits per heavy atom. The van der Waals surface area contributed by atoms with Gasteiger partial charge in [0, 0.05) is 14.2 Å². The number of nitrogens with one attached hydrogen (secondary N) is 1. The first kappa shape index (κ1) is 13.8. The number of hydrogen-bond acceptors (Lipinski definition) is 5. The third kappa shape index (κ3) is 3.65. The van der Waals surface area contributed by atoms with Crippen LogP contribution in [0, 0.1) is 0 Å². The normalized spacial score (nSPS) is 10.3. The standard InChI is InChI=1S/C13H14BrN3O2/c1-15-13-16-7-11(14)12(17-13)19-10-5-3-4-9(6-10)8-18-2/h3-7H,8H2,1-2H3,(H,15,16,17). The summed E-state index contributed by atoms with van der Waals surface area (Å²) in [6.07, 6.45) is 1.65. The molecule has 1 aromatic heterocycles. The van der Waals surface area contributed by atoms with Crippen LogP contribution in [0.4, 0.5) is 5.95 Å². The van der Waals surface area contributed by atoms with Gasteiger partial charge < -0.3 is 14.8 Å². The molecule has 0 bridgehead atoms. The van der Waals surface area contributed by atoms with Crippen LogP contribution in [0.25, 0.3) is 0 Å². The maximum atomic E-state index is 5.75. The van der Waals surface area contributed by atoms with Crippen molar-refractivity contribution in [3.8, 4) is 11.6 Å². The second-order valence-corrected chi connectivity index (χ2v) is 4.63. The summed E-state index contributed by atoms with van der Waals surface area (Å²) in [6, 6.07) is 7.67. The van der Waals surface area contributed by atoms with Gasteiger partial charge in [0.25, 0.3) is 0 Å². The van der Waals surface area contributed by atoms with E-state index in [0.29, 0.717) is 28.7 Å². The van der Waals surface area contributed by atoms with Crippen LogP contribution in [0.5, 0.6) is 11.6 Å². The van der Waals surface area contributed by atoms with E-state index < -0.39 is 0 Å². The van der Waals surface area contributed by atoms with Crippen molar-refractivity contribution in [3.05, 3.63) is 40.5 Å². The predicted octanol–water partition coefficient (Wildman–Crippen LogP) is 3.22. The van der Waals surface area contributed by atoms with Crippen molar-refractivity contribution in [2.45, 2.75) is 6.61 Å². The van der Waals surface area contributed by atoms with E-state index in [2.05, 4.69) is 31.2 Å². The SMILES string of the molecule is CNc1ncc(Br)c(Oc2cccc(COC)c2)n1. The van der Waals surface area contributed by atoms with E-state index in [4.69, 9.17) is 9.47 Å². The van der Waals surface area contributed by atoms with E-state index in [0.717, 1.165) is 5.56 Å². The number of rotatable bonds is 5. The number of ether oxygens (including phenoxy) is 2. The molecule has 1 aromatic carbocycles. The molecule has 19 heavy (non-hydrogen) atoms. The molecule has 0 saturated heterocycles. The highest BCUT2D eigenvalue weighted by Gasteiger charge is 2.07. The van der Waals surface area contributed by atoms with E-state index >= 15 is 0 Å².